The highest BCUT2D eigenvalue weighted by Gasteiger charge is 2.00. The molecule has 0 atom stereocenters. The molecule has 0 aliphatic carbocycles. The third-order valence-corrected chi connectivity index (χ3v) is 2.06. The molecule has 0 unspecified atom stereocenters. The Morgan fingerprint density at radius 1 is 1.31 bits per heavy atom. The summed E-state index contributed by atoms with van der Waals surface area (Å²) in [6.07, 6.45) is 3.92. The van der Waals surface area contributed by atoms with Gasteiger partial charge in [-0.1, -0.05) is 27.2 Å². The van der Waals surface area contributed by atoms with Crippen molar-refractivity contribution in [2.75, 3.05) is 23.7 Å². The van der Waals surface area contributed by atoms with Gasteiger partial charge in [0.1, 0.15) is 0 Å². The molecular formula is C11H21N5. The van der Waals surface area contributed by atoms with E-state index >= 15 is 0 Å². The second kappa shape index (κ2) is 6.98. The first-order chi connectivity index (χ1) is 7.72. The fourth-order valence-corrected chi connectivity index (χ4v) is 1.15. The van der Waals surface area contributed by atoms with Gasteiger partial charge in [0, 0.05) is 13.1 Å². The van der Waals surface area contributed by atoms with Crippen molar-refractivity contribution >= 4 is 11.8 Å². The second-order valence-electron chi connectivity index (χ2n) is 4.22. The second-order valence-corrected chi connectivity index (χ2v) is 4.22. The summed E-state index contributed by atoms with van der Waals surface area (Å²) in [6.45, 7) is 8.25. The zero-order valence-electron chi connectivity index (χ0n) is 10.3. The molecular weight excluding hydrogens is 202 g/mol. The van der Waals surface area contributed by atoms with Crippen LogP contribution in [0.2, 0.25) is 0 Å². The van der Waals surface area contributed by atoms with Gasteiger partial charge < -0.3 is 10.6 Å². The summed E-state index contributed by atoms with van der Waals surface area (Å²) in [7, 11) is 0. The van der Waals surface area contributed by atoms with Gasteiger partial charge >= 0.3 is 0 Å². The number of hydrogen-bond donors (Lipinski definition) is 2. The van der Waals surface area contributed by atoms with Crippen molar-refractivity contribution in [2.24, 2.45) is 5.92 Å². The van der Waals surface area contributed by atoms with Crippen LogP contribution >= 0.6 is 0 Å². The van der Waals surface area contributed by atoms with E-state index in [4.69, 9.17) is 0 Å². The zero-order chi connectivity index (χ0) is 11.8. The molecule has 0 radical (unpaired) electrons. The Hall–Kier alpha value is -1.39. The van der Waals surface area contributed by atoms with Crippen molar-refractivity contribution < 1.29 is 0 Å². The topological polar surface area (TPSA) is 62.7 Å². The van der Waals surface area contributed by atoms with E-state index in [1.807, 2.05) is 0 Å². The Morgan fingerprint density at radius 3 is 2.81 bits per heavy atom. The van der Waals surface area contributed by atoms with Crippen LogP contribution in [0.4, 0.5) is 11.8 Å². The highest BCUT2D eigenvalue weighted by Crippen LogP contribution is 2.04. The molecule has 0 fully saturated rings. The molecule has 0 amide bonds. The standard InChI is InChI=1S/C11H21N5/c1-4-5-6-12-11-15-10(8-14-16-11)13-7-9(2)3/h8-9H,4-7H2,1-3H3,(H2,12,13,15,16). The van der Waals surface area contributed by atoms with Gasteiger partial charge in [0.25, 0.3) is 0 Å². The van der Waals surface area contributed by atoms with Gasteiger partial charge in [-0.3, -0.25) is 0 Å². The van der Waals surface area contributed by atoms with E-state index in [2.05, 4.69) is 46.6 Å². The van der Waals surface area contributed by atoms with Gasteiger partial charge in [-0.15, -0.1) is 5.10 Å². The third kappa shape index (κ3) is 4.91. The van der Waals surface area contributed by atoms with Crippen LogP contribution in [0, 0.1) is 5.92 Å². The van der Waals surface area contributed by atoms with Crippen molar-refractivity contribution in [3.8, 4) is 0 Å². The maximum Gasteiger partial charge on any atom is 0.244 e. The van der Waals surface area contributed by atoms with Crippen LogP contribution in [0.25, 0.3) is 0 Å². The van der Waals surface area contributed by atoms with Crippen molar-refractivity contribution in [3.05, 3.63) is 6.20 Å². The summed E-state index contributed by atoms with van der Waals surface area (Å²) in [6, 6.07) is 0. The van der Waals surface area contributed by atoms with Gasteiger partial charge in [-0.25, -0.2) is 0 Å². The highest BCUT2D eigenvalue weighted by molar-refractivity contribution is 5.36. The SMILES string of the molecule is CCCCNc1nncc(NCC(C)C)n1. The molecule has 0 saturated carbocycles. The fraction of sp³-hybridized carbons (Fsp3) is 0.727. The van der Waals surface area contributed by atoms with E-state index in [0.717, 1.165) is 31.7 Å². The van der Waals surface area contributed by atoms with Crippen LogP contribution in [0.3, 0.4) is 0 Å². The normalized spacial score (nSPS) is 10.5. The van der Waals surface area contributed by atoms with Gasteiger partial charge in [0.2, 0.25) is 5.95 Å². The lowest BCUT2D eigenvalue weighted by Gasteiger charge is -2.08. The van der Waals surface area contributed by atoms with Crippen molar-refractivity contribution in [1.82, 2.24) is 15.2 Å². The molecule has 0 saturated heterocycles. The van der Waals surface area contributed by atoms with Crippen LogP contribution in [-0.2, 0) is 0 Å². The predicted molar refractivity (Wildman–Crippen MR) is 66.6 cm³/mol. The minimum absolute atomic E-state index is 0.589. The third-order valence-electron chi connectivity index (χ3n) is 2.06. The van der Waals surface area contributed by atoms with Gasteiger partial charge in [-0.2, -0.15) is 10.1 Å². The molecule has 5 nitrogen and oxygen atoms in total. The maximum atomic E-state index is 4.32. The molecule has 0 aliphatic rings. The van der Waals surface area contributed by atoms with E-state index in [-0.39, 0.29) is 0 Å². The first-order valence-corrected chi connectivity index (χ1v) is 5.89. The van der Waals surface area contributed by atoms with Gasteiger partial charge in [0.05, 0.1) is 6.20 Å². The molecule has 1 aromatic rings. The van der Waals surface area contributed by atoms with Gasteiger partial charge in [0.15, 0.2) is 5.82 Å². The van der Waals surface area contributed by atoms with Crippen LogP contribution in [0.1, 0.15) is 33.6 Å². The van der Waals surface area contributed by atoms with E-state index in [9.17, 15) is 0 Å². The summed E-state index contributed by atoms with van der Waals surface area (Å²) in [5.41, 5.74) is 0. The molecule has 0 aliphatic heterocycles. The predicted octanol–water partition coefficient (Wildman–Crippen LogP) is 2.15. The average Bonchev–Trinajstić information content (AvgIpc) is 2.27. The molecule has 1 rings (SSSR count). The van der Waals surface area contributed by atoms with E-state index in [1.54, 1.807) is 6.20 Å². The molecule has 1 aromatic heterocycles. The highest BCUT2D eigenvalue weighted by atomic mass is 15.3. The monoisotopic (exact) mass is 223 g/mol. The lowest BCUT2D eigenvalue weighted by atomic mass is 10.2. The summed E-state index contributed by atoms with van der Waals surface area (Å²) >= 11 is 0. The lowest BCUT2D eigenvalue weighted by molar-refractivity contribution is 0.686. The molecule has 0 spiro atoms. The molecule has 5 heteroatoms. The minimum Gasteiger partial charge on any atom is -0.368 e. The first-order valence-electron chi connectivity index (χ1n) is 5.89. The number of unbranched alkanes of at least 4 members (excludes halogenated alkanes) is 1. The van der Waals surface area contributed by atoms with Crippen molar-refractivity contribution in [3.63, 3.8) is 0 Å². The van der Waals surface area contributed by atoms with Gasteiger partial charge in [-0.05, 0) is 12.3 Å². The maximum absolute atomic E-state index is 4.32. The largest absolute Gasteiger partial charge is 0.368 e. The number of anilines is 2. The van der Waals surface area contributed by atoms with E-state index in [0.29, 0.717) is 11.9 Å². The number of aromatic nitrogens is 3. The van der Waals surface area contributed by atoms with E-state index < -0.39 is 0 Å². The molecule has 0 aromatic carbocycles. The lowest BCUT2D eigenvalue weighted by Crippen LogP contribution is -2.12. The van der Waals surface area contributed by atoms with E-state index in [1.165, 1.54) is 0 Å². The Bertz CT molecular complexity index is 300. The first kappa shape index (κ1) is 12.7. The average molecular weight is 223 g/mol. The fourth-order valence-electron chi connectivity index (χ4n) is 1.15. The quantitative estimate of drug-likeness (QED) is 0.693. The van der Waals surface area contributed by atoms with Crippen molar-refractivity contribution in [1.29, 1.82) is 0 Å². The summed E-state index contributed by atoms with van der Waals surface area (Å²) in [5, 5.41) is 14.2. The summed E-state index contributed by atoms with van der Waals surface area (Å²) in [5.74, 6) is 1.97. The van der Waals surface area contributed by atoms with Crippen molar-refractivity contribution in [2.45, 2.75) is 33.6 Å². The Balaban J connectivity index is 2.43. The number of rotatable bonds is 7. The van der Waals surface area contributed by atoms with Crippen LogP contribution in [0.5, 0.6) is 0 Å². The Kier molecular flexibility index (Phi) is 5.53. The molecule has 2 N–H and O–H groups in total. The Morgan fingerprint density at radius 2 is 2.12 bits per heavy atom. The number of nitrogens with zero attached hydrogens (tertiary/aromatic N) is 3. The van der Waals surface area contributed by atoms with Crippen LogP contribution in [-0.4, -0.2) is 28.3 Å². The molecule has 0 bridgehead atoms. The number of hydrogen-bond acceptors (Lipinski definition) is 5. The van der Waals surface area contributed by atoms with Crippen LogP contribution in [0.15, 0.2) is 6.20 Å². The molecule has 1 heterocycles. The zero-order valence-corrected chi connectivity index (χ0v) is 10.3. The summed E-state index contributed by atoms with van der Waals surface area (Å²) in [4.78, 5) is 4.32. The number of nitrogens with one attached hydrogen (secondary N) is 2. The minimum atomic E-state index is 0.589. The molecule has 90 valence electrons. The van der Waals surface area contributed by atoms with Crippen LogP contribution < -0.4 is 10.6 Å². The Labute approximate surface area is 97.1 Å². The smallest absolute Gasteiger partial charge is 0.244 e. The summed E-state index contributed by atoms with van der Waals surface area (Å²) < 4.78 is 0. The molecule has 16 heavy (non-hydrogen) atoms.